The summed E-state index contributed by atoms with van der Waals surface area (Å²) in [5.74, 6) is -0.175. The molecule has 0 aliphatic heterocycles. The average Bonchev–Trinajstić information content (AvgIpc) is 2.64. The van der Waals surface area contributed by atoms with Gasteiger partial charge in [0.2, 0.25) is 0 Å². The summed E-state index contributed by atoms with van der Waals surface area (Å²) < 4.78 is 38.5. The predicted molar refractivity (Wildman–Crippen MR) is 103 cm³/mol. The van der Waals surface area contributed by atoms with E-state index < -0.39 is 5.51 Å². The number of carbonyl (C=O) groups is 1. The minimum atomic E-state index is -4.44. The molecule has 142 valence electrons. The molecule has 0 amide bonds. The Morgan fingerprint density at radius 1 is 1.07 bits per heavy atom. The highest BCUT2D eigenvalue weighted by molar-refractivity contribution is 8.03. The Labute approximate surface area is 161 Å². The highest BCUT2D eigenvalue weighted by Crippen LogP contribution is 2.40. The number of halogens is 3. The van der Waals surface area contributed by atoms with E-state index in [0.717, 1.165) is 17.2 Å². The number of unbranched alkanes of at least 4 members (excludes halogenated alkanes) is 1. The molecule has 0 heterocycles. The third kappa shape index (κ3) is 6.14. The highest BCUT2D eigenvalue weighted by atomic mass is 32.2. The van der Waals surface area contributed by atoms with E-state index in [2.05, 4.69) is 0 Å². The zero-order chi connectivity index (χ0) is 19.9. The molecule has 0 fully saturated rings. The van der Waals surface area contributed by atoms with Gasteiger partial charge in [0, 0.05) is 22.5 Å². The Hall–Kier alpha value is -2.26. The van der Waals surface area contributed by atoms with Gasteiger partial charge in [-0.05, 0) is 41.8 Å². The van der Waals surface area contributed by atoms with Crippen LogP contribution in [-0.4, -0.2) is 11.3 Å². The Morgan fingerprint density at radius 3 is 2.44 bits per heavy atom. The van der Waals surface area contributed by atoms with E-state index in [0.29, 0.717) is 12.0 Å². The Morgan fingerprint density at radius 2 is 1.78 bits per heavy atom. The average molecular weight is 391 g/mol. The normalized spacial score (nSPS) is 12.6. The molecule has 0 saturated carbocycles. The topological polar surface area (TPSA) is 40.9 Å². The first-order valence-corrected chi connectivity index (χ1v) is 9.56. The fraction of sp³-hybridized carbons (Fsp3) is 0.333. The fourth-order valence-corrected chi connectivity index (χ4v) is 3.64. The van der Waals surface area contributed by atoms with Crippen molar-refractivity contribution in [3.05, 3.63) is 58.5 Å². The first-order valence-electron chi connectivity index (χ1n) is 8.74. The summed E-state index contributed by atoms with van der Waals surface area (Å²) in [5.41, 5.74) is -3.85. The van der Waals surface area contributed by atoms with Crippen molar-refractivity contribution in [3.8, 4) is 6.07 Å². The number of benzene rings is 2. The van der Waals surface area contributed by atoms with Gasteiger partial charge in [0.05, 0.1) is 6.07 Å². The minimum Gasteiger partial charge on any atom is -0.294 e. The Bertz CT molecular complexity index is 876. The molecule has 2 aromatic rings. The largest absolute Gasteiger partial charge is 0.446 e. The van der Waals surface area contributed by atoms with E-state index in [1.165, 1.54) is 0 Å². The molecule has 27 heavy (non-hydrogen) atoms. The number of thioether (sulfide) groups is 1. The maximum Gasteiger partial charge on any atom is 0.446 e. The van der Waals surface area contributed by atoms with Crippen LogP contribution in [0.4, 0.5) is 13.2 Å². The van der Waals surface area contributed by atoms with Gasteiger partial charge in [-0.3, -0.25) is 4.79 Å². The van der Waals surface area contributed by atoms with Gasteiger partial charge in [0.1, 0.15) is 0 Å². The lowest BCUT2D eigenvalue weighted by atomic mass is 9.97. The molecule has 0 aliphatic carbocycles. The maximum atomic E-state index is 12.8. The molecule has 0 spiro atoms. The molecule has 0 bridgehead atoms. The number of carbonyl (C=O) groups excluding carboxylic acids is 1. The number of nitrogens with zero attached hydrogens (tertiary/aromatic N) is 1. The summed E-state index contributed by atoms with van der Waals surface area (Å²) in [5, 5.41) is 11.1. The summed E-state index contributed by atoms with van der Waals surface area (Å²) in [7, 11) is 0. The van der Waals surface area contributed by atoms with E-state index >= 15 is 0 Å². The van der Waals surface area contributed by atoms with Gasteiger partial charge in [-0.25, -0.2) is 0 Å². The van der Waals surface area contributed by atoms with Gasteiger partial charge in [-0.2, -0.15) is 18.4 Å². The van der Waals surface area contributed by atoms with Crippen molar-refractivity contribution in [2.75, 3.05) is 0 Å². The molecule has 0 radical (unpaired) electrons. The van der Waals surface area contributed by atoms with E-state index in [9.17, 15) is 23.2 Å². The predicted octanol–water partition coefficient (Wildman–Crippen LogP) is 7.02. The van der Waals surface area contributed by atoms with Crippen LogP contribution in [0.5, 0.6) is 0 Å². The van der Waals surface area contributed by atoms with Gasteiger partial charge in [0.15, 0.2) is 5.78 Å². The maximum absolute atomic E-state index is 12.8. The van der Waals surface area contributed by atoms with Crippen LogP contribution in [-0.2, 0) is 0 Å². The van der Waals surface area contributed by atoms with Gasteiger partial charge >= 0.3 is 5.51 Å². The third-order valence-electron chi connectivity index (χ3n) is 4.16. The van der Waals surface area contributed by atoms with Crippen molar-refractivity contribution in [1.29, 1.82) is 5.26 Å². The zero-order valence-electron chi connectivity index (χ0n) is 15.0. The lowest BCUT2D eigenvalue weighted by Crippen LogP contribution is -2.04. The molecule has 2 aromatic carbocycles. The van der Waals surface area contributed by atoms with Crippen molar-refractivity contribution < 1.29 is 18.0 Å². The SMILES string of the molecule is CCCC/C(SC(F)(F)F)=C(\C#N)CCC(=O)c1cccc2ccccc12. The van der Waals surface area contributed by atoms with E-state index in [4.69, 9.17) is 0 Å². The van der Waals surface area contributed by atoms with Crippen LogP contribution in [0.25, 0.3) is 10.8 Å². The Kier molecular flexibility index (Phi) is 7.49. The molecule has 0 aromatic heterocycles. The molecule has 0 unspecified atom stereocenters. The van der Waals surface area contributed by atoms with Crippen LogP contribution >= 0.6 is 11.8 Å². The smallest absolute Gasteiger partial charge is 0.294 e. The summed E-state index contributed by atoms with van der Waals surface area (Å²) in [6, 6.07) is 14.7. The molecular weight excluding hydrogens is 371 g/mol. The van der Waals surface area contributed by atoms with Gasteiger partial charge in [-0.15, -0.1) is 0 Å². The molecule has 0 atom stereocenters. The monoisotopic (exact) mass is 391 g/mol. The number of alkyl halides is 3. The Balaban J connectivity index is 2.22. The summed E-state index contributed by atoms with van der Waals surface area (Å²) in [6.07, 6.45) is 1.52. The van der Waals surface area contributed by atoms with E-state index in [1.54, 1.807) is 12.1 Å². The molecule has 0 N–H and O–H groups in total. The fourth-order valence-electron chi connectivity index (χ4n) is 2.84. The number of ketones is 1. The second-order valence-corrected chi connectivity index (χ2v) is 7.27. The molecular formula is C21H20F3NOS. The quantitative estimate of drug-likeness (QED) is 0.358. The first kappa shape index (κ1) is 21.0. The van der Waals surface area contributed by atoms with Crippen molar-refractivity contribution >= 4 is 28.3 Å². The molecule has 2 nitrogen and oxygen atoms in total. The molecule has 6 heteroatoms. The number of fused-ring (bicyclic) bond motifs is 1. The van der Waals surface area contributed by atoms with E-state index in [1.807, 2.05) is 43.3 Å². The first-order chi connectivity index (χ1) is 12.9. The van der Waals surface area contributed by atoms with Gasteiger partial charge < -0.3 is 0 Å². The summed E-state index contributed by atoms with van der Waals surface area (Å²) >= 11 is -0.230. The second kappa shape index (κ2) is 9.61. The number of rotatable bonds is 8. The van der Waals surface area contributed by atoms with Crippen LogP contribution in [0.2, 0.25) is 0 Å². The van der Waals surface area contributed by atoms with Crippen molar-refractivity contribution in [1.82, 2.24) is 0 Å². The van der Waals surface area contributed by atoms with Crippen LogP contribution in [0.1, 0.15) is 49.4 Å². The molecule has 0 aliphatic rings. The van der Waals surface area contributed by atoms with Gasteiger partial charge in [0.25, 0.3) is 0 Å². The van der Waals surface area contributed by atoms with Gasteiger partial charge in [-0.1, -0.05) is 55.8 Å². The van der Waals surface area contributed by atoms with Crippen molar-refractivity contribution in [3.63, 3.8) is 0 Å². The number of nitriles is 1. The van der Waals surface area contributed by atoms with Crippen LogP contribution in [0, 0.1) is 11.3 Å². The second-order valence-electron chi connectivity index (χ2n) is 6.11. The van der Waals surface area contributed by atoms with Crippen LogP contribution < -0.4 is 0 Å². The van der Waals surface area contributed by atoms with Crippen LogP contribution in [0.15, 0.2) is 52.9 Å². The molecule has 2 rings (SSSR count). The zero-order valence-corrected chi connectivity index (χ0v) is 15.8. The lowest BCUT2D eigenvalue weighted by molar-refractivity contribution is -0.0322. The summed E-state index contributed by atoms with van der Waals surface area (Å²) in [6.45, 7) is 1.88. The third-order valence-corrected chi connectivity index (χ3v) is 5.09. The number of hydrogen-bond acceptors (Lipinski definition) is 3. The summed E-state index contributed by atoms with van der Waals surface area (Å²) in [4.78, 5) is 12.7. The van der Waals surface area contributed by atoms with Crippen molar-refractivity contribution in [2.45, 2.75) is 44.5 Å². The van der Waals surface area contributed by atoms with E-state index in [-0.39, 0.29) is 47.3 Å². The number of Topliss-reactive ketones (excluding diaryl/α,β-unsaturated/α-hetero) is 1. The van der Waals surface area contributed by atoms with Crippen LogP contribution in [0.3, 0.4) is 0 Å². The minimum absolute atomic E-state index is 0.00490. The number of hydrogen-bond donors (Lipinski definition) is 0. The number of allylic oxidation sites excluding steroid dienone is 2. The molecule has 0 saturated heterocycles. The standard InChI is InChI=1S/C21H20F3NOS/c1-2-3-11-20(27-21(22,23)24)16(14-25)12-13-19(26)18-10-6-8-15-7-4-5-9-17(15)18/h4-10H,2-3,11-13H2,1H3/b20-16+. The van der Waals surface area contributed by atoms with Crippen molar-refractivity contribution in [2.24, 2.45) is 0 Å². The lowest BCUT2D eigenvalue weighted by Gasteiger charge is -2.12. The highest BCUT2D eigenvalue weighted by Gasteiger charge is 2.31.